The topological polar surface area (TPSA) is 55.2 Å². The van der Waals surface area contributed by atoms with Crippen molar-refractivity contribution in [2.75, 3.05) is 5.32 Å². The predicted molar refractivity (Wildman–Crippen MR) is 79.3 cm³/mol. The molecule has 0 saturated carbocycles. The van der Waals surface area contributed by atoms with E-state index in [2.05, 4.69) is 21.2 Å². The fraction of sp³-hybridized carbons (Fsp3) is 0.143. The Labute approximate surface area is 123 Å². The number of benzene rings is 2. The summed E-state index contributed by atoms with van der Waals surface area (Å²) < 4.78 is 13.8. The highest BCUT2D eigenvalue weighted by molar-refractivity contribution is 9.10. The van der Waals surface area contributed by atoms with E-state index in [9.17, 15) is 14.5 Å². The Morgan fingerprint density at radius 1 is 1.30 bits per heavy atom. The second kappa shape index (κ2) is 6.00. The Morgan fingerprint density at radius 2 is 2.05 bits per heavy atom. The molecule has 0 amide bonds. The van der Waals surface area contributed by atoms with Crippen LogP contribution in [0.5, 0.6) is 0 Å². The quantitative estimate of drug-likeness (QED) is 0.663. The van der Waals surface area contributed by atoms with Gasteiger partial charge in [-0.15, -0.1) is 0 Å². The molecular weight excluding hydrogens is 327 g/mol. The highest BCUT2D eigenvalue weighted by Gasteiger charge is 2.12. The fourth-order valence-electron chi connectivity index (χ4n) is 1.72. The van der Waals surface area contributed by atoms with Gasteiger partial charge in [-0.25, -0.2) is 4.39 Å². The van der Waals surface area contributed by atoms with Gasteiger partial charge < -0.3 is 5.32 Å². The Kier molecular flexibility index (Phi) is 4.34. The molecule has 0 heterocycles. The maximum absolute atomic E-state index is 13.4. The number of halogens is 2. The van der Waals surface area contributed by atoms with E-state index in [1.807, 2.05) is 0 Å². The van der Waals surface area contributed by atoms with E-state index in [0.29, 0.717) is 22.3 Å². The standard InChI is InChI=1S/C14H12BrFN2O2/c1-9-2-4-11(7-13(9)16)17-8-10-3-5-12(15)14(6-10)18(19)20/h2-7,17H,8H2,1H3. The molecule has 4 nitrogen and oxygen atoms in total. The van der Waals surface area contributed by atoms with Gasteiger partial charge in [-0.05, 0) is 52.2 Å². The van der Waals surface area contributed by atoms with E-state index in [-0.39, 0.29) is 11.5 Å². The molecular formula is C14H12BrFN2O2. The van der Waals surface area contributed by atoms with Crippen molar-refractivity contribution in [3.63, 3.8) is 0 Å². The van der Waals surface area contributed by atoms with Crippen LogP contribution >= 0.6 is 15.9 Å². The zero-order valence-electron chi connectivity index (χ0n) is 10.7. The molecule has 0 saturated heterocycles. The molecule has 0 spiro atoms. The molecule has 0 aliphatic carbocycles. The normalized spacial score (nSPS) is 10.3. The van der Waals surface area contributed by atoms with Gasteiger partial charge in [0, 0.05) is 18.3 Å². The summed E-state index contributed by atoms with van der Waals surface area (Å²) in [6.07, 6.45) is 0. The Hall–Kier alpha value is -1.95. The summed E-state index contributed by atoms with van der Waals surface area (Å²) in [6.45, 7) is 2.08. The maximum atomic E-state index is 13.4. The molecule has 2 aromatic rings. The zero-order chi connectivity index (χ0) is 14.7. The molecule has 0 unspecified atom stereocenters. The lowest BCUT2D eigenvalue weighted by Crippen LogP contribution is -2.01. The van der Waals surface area contributed by atoms with Crippen molar-refractivity contribution in [3.8, 4) is 0 Å². The van der Waals surface area contributed by atoms with Gasteiger partial charge in [-0.1, -0.05) is 12.1 Å². The molecule has 104 valence electrons. The second-order valence-electron chi connectivity index (χ2n) is 4.36. The zero-order valence-corrected chi connectivity index (χ0v) is 12.3. The molecule has 2 rings (SSSR count). The van der Waals surface area contributed by atoms with Crippen LogP contribution < -0.4 is 5.32 Å². The van der Waals surface area contributed by atoms with Crippen LogP contribution in [-0.4, -0.2) is 4.92 Å². The molecule has 1 N–H and O–H groups in total. The lowest BCUT2D eigenvalue weighted by molar-refractivity contribution is -0.385. The maximum Gasteiger partial charge on any atom is 0.283 e. The van der Waals surface area contributed by atoms with Gasteiger partial charge in [0.25, 0.3) is 5.69 Å². The molecule has 0 aliphatic rings. The van der Waals surface area contributed by atoms with Gasteiger partial charge in [-0.3, -0.25) is 10.1 Å². The highest BCUT2D eigenvalue weighted by Crippen LogP contribution is 2.26. The third-order valence-electron chi connectivity index (χ3n) is 2.88. The largest absolute Gasteiger partial charge is 0.381 e. The van der Waals surface area contributed by atoms with Crippen molar-refractivity contribution in [2.45, 2.75) is 13.5 Å². The third kappa shape index (κ3) is 3.33. The minimum absolute atomic E-state index is 0.0133. The molecule has 0 aliphatic heterocycles. The van der Waals surface area contributed by atoms with Crippen LogP contribution in [0.15, 0.2) is 40.9 Å². The average molecular weight is 339 g/mol. The van der Waals surface area contributed by atoms with Crippen molar-refractivity contribution >= 4 is 27.3 Å². The van der Waals surface area contributed by atoms with Crippen LogP contribution in [0.1, 0.15) is 11.1 Å². The van der Waals surface area contributed by atoms with E-state index < -0.39 is 4.92 Å². The van der Waals surface area contributed by atoms with Crippen molar-refractivity contribution in [1.29, 1.82) is 0 Å². The molecule has 0 radical (unpaired) electrons. The number of rotatable bonds is 4. The van der Waals surface area contributed by atoms with E-state index in [0.717, 1.165) is 5.56 Å². The van der Waals surface area contributed by atoms with Crippen LogP contribution in [0.25, 0.3) is 0 Å². The third-order valence-corrected chi connectivity index (χ3v) is 3.55. The lowest BCUT2D eigenvalue weighted by atomic mass is 10.2. The van der Waals surface area contributed by atoms with E-state index in [1.54, 1.807) is 31.2 Å². The lowest BCUT2D eigenvalue weighted by Gasteiger charge is -2.08. The fourth-order valence-corrected chi connectivity index (χ4v) is 2.11. The molecule has 0 aromatic heterocycles. The predicted octanol–water partition coefficient (Wildman–Crippen LogP) is 4.42. The Balaban J connectivity index is 2.12. The minimum Gasteiger partial charge on any atom is -0.381 e. The van der Waals surface area contributed by atoms with Crippen molar-refractivity contribution in [3.05, 3.63) is 67.9 Å². The molecule has 0 atom stereocenters. The second-order valence-corrected chi connectivity index (χ2v) is 5.21. The van der Waals surface area contributed by atoms with Gasteiger partial charge in [0.15, 0.2) is 0 Å². The van der Waals surface area contributed by atoms with Crippen LogP contribution in [0.2, 0.25) is 0 Å². The molecule has 2 aromatic carbocycles. The number of hydrogen-bond donors (Lipinski definition) is 1. The highest BCUT2D eigenvalue weighted by atomic mass is 79.9. The average Bonchev–Trinajstić information content (AvgIpc) is 2.41. The summed E-state index contributed by atoms with van der Waals surface area (Å²) in [7, 11) is 0. The van der Waals surface area contributed by atoms with Crippen LogP contribution in [-0.2, 0) is 6.54 Å². The SMILES string of the molecule is Cc1ccc(NCc2ccc(Br)c([N+](=O)[O-])c2)cc1F. The van der Waals surface area contributed by atoms with Gasteiger partial charge in [0.05, 0.1) is 9.40 Å². The van der Waals surface area contributed by atoms with E-state index >= 15 is 0 Å². The molecule has 0 bridgehead atoms. The van der Waals surface area contributed by atoms with Crippen LogP contribution in [0, 0.1) is 22.9 Å². The van der Waals surface area contributed by atoms with Gasteiger partial charge in [-0.2, -0.15) is 0 Å². The first-order chi connectivity index (χ1) is 9.47. The summed E-state index contributed by atoms with van der Waals surface area (Å²) in [4.78, 5) is 10.4. The van der Waals surface area contributed by atoms with Crippen LogP contribution in [0.4, 0.5) is 15.8 Å². The first kappa shape index (κ1) is 14.5. The van der Waals surface area contributed by atoms with Crippen LogP contribution in [0.3, 0.4) is 0 Å². The summed E-state index contributed by atoms with van der Waals surface area (Å²) in [5.41, 5.74) is 1.98. The number of anilines is 1. The van der Waals surface area contributed by atoms with Crippen molar-refractivity contribution in [1.82, 2.24) is 0 Å². The Morgan fingerprint density at radius 3 is 2.70 bits per heavy atom. The van der Waals surface area contributed by atoms with Gasteiger partial charge in [0.1, 0.15) is 5.82 Å². The minimum atomic E-state index is -0.445. The first-order valence-electron chi connectivity index (χ1n) is 5.90. The van der Waals surface area contributed by atoms with Crippen molar-refractivity contribution < 1.29 is 9.31 Å². The number of nitro groups is 1. The van der Waals surface area contributed by atoms with Gasteiger partial charge in [0.2, 0.25) is 0 Å². The molecule has 6 heteroatoms. The summed E-state index contributed by atoms with van der Waals surface area (Å²) in [5.74, 6) is -0.281. The number of aryl methyl sites for hydroxylation is 1. The summed E-state index contributed by atoms with van der Waals surface area (Å²) >= 11 is 3.13. The number of nitrogens with one attached hydrogen (secondary N) is 1. The Bertz CT molecular complexity index is 662. The van der Waals surface area contributed by atoms with E-state index in [4.69, 9.17) is 0 Å². The smallest absolute Gasteiger partial charge is 0.283 e. The number of nitro benzene ring substituents is 1. The molecule has 0 fully saturated rings. The van der Waals surface area contributed by atoms with Gasteiger partial charge >= 0.3 is 0 Å². The van der Waals surface area contributed by atoms with Crippen molar-refractivity contribution in [2.24, 2.45) is 0 Å². The summed E-state index contributed by atoms with van der Waals surface area (Å²) in [5, 5.41) is 13.9. The number of nitrogens with zero attached hydrogens (tertiary/aromatic N) is 1. The first-order valence-corrected chi connectivity index (χ1v) is 6.69. The summed E-state index contributed by atoms with van der Waals surface area (Å²) in [6, 6.07) is 9.75. The van der Waals surface area contributed by atoms with E-state index in [1.165, 1.54) is 12.1 Å². The molecule has 20 heavy (non-hydrogen) atoms. The monoisotopic (exact) mass is 338 g/mol. The number of hydrogen-bond acceptors (Lipinski definition) is 3.